The van der Waals surface area contributed by atoms with Gasteiger partial charge in [0.1, 0.15) is 0 Å². The van der Waals surface area contributed by atoms with Crippen LogP contribution in [0, 0.1) is 0 Å². The maximum Gasteiger partial charge on any atom is 0.222 e. The molecule has 3 rings (SSSR count). The highest BCUT2D eigenvalue weighted by atomic mass is 32.2. The van der Waals surface area contributed by atoms with Gasteiger partial charge in [-0.3, -0.25) is 9.59 Å². The summed E-state index contributed by atoms with van der Waals surface area (Å²) in [5.41, 5.74) is 0.655. The predicted octanol–water partition coefficient (Wildman–Crippen LogP) is 1.47. The van der Waals surface area contributed by atoms with Gasteiger partial charge in [-0.05, 0) is 30.9 Å². The Labute approximate surface area is 141 Å². The van der Waals surface area contributed by atoms with Gasteiger partial charge in [-0.25, -0.2) is 8.42 Å². The Kier molecular flexibility index (Phi) is 4.89. The standard InChI is InChI=1S/C17H22N2O4S/c20-16-8-4-1-5-12(18-16)11-17(21)19-14-9-10-24(22,23)15-7-3-2-6-13(14)15/h2-3,6-7,12,14H,1,4-5,8-11H2,(H,18,20)(H,19,21)/t12-,14-/m0/s1. The minimum atomic E-state index is -3.26. The van der Waals surface area contributed by atoms with Gasteiger partial charge in [-0.1, -0.05) is 24.6 Å². The van der Waals surface area contributed by atoms with E-state index >= 15 is 0 Å². The van der Waals surface area contributed by atoms with Crippen molar-refractivity contribution in [1.82, 2.24) is 10.6 Å². The van der Waals surface area contributed by atoms with Crippen LogP contribution in [0.5, 0.6) is 0 Å². The molecule has 0 radical (unpaired) electrons. The Morgan fingerprint density at radius 1 is 1.21 bits per heavy atom. The van der Waals surface area contributed by atoms with Gasteiger partial charge in [-0.15, -0.1) is 0 Å². The van der Waals surface area contributed by atoms with E-state index in [9.17, 15) is 18.0 Å². The van der Waals surface area contributed by atoms with Crippen LogP contribution in [-0.2, 0) is 19.4 Å². The third-order valence-electron chi connectivity index (χ3n) is 4.64. The van der Waals surface area contributed by atoms with Gasteiger partial charge in [0, 0.05) is 18.9 Å². The minimum Gasteiger partial charge on any atom is -0.353 e. The Morgan fingerprint density at radius 2 is 2.00 bits per heavy atom. The fraction of sp³-hybridized carbons (Fsp3) is 0.529. The topological polar surface area (TPSA) is 92.3 Å². The number of hydrogen-bond donors (Lipinski definition) is 2. The van der Waals surface area contributed by atoms with E-state index < -0.39 is 9.84 Å². The molecule has 24 heavy (non-hydrogen) atoms. The second-order valence-electron chi connectivity index (χ2n) is 6.48. The van der Waals surface area contributed by atoms with Crippen molar-refractivity contribution in [2.45, 2.75) is 55.5 Å². The van der Waals surface area contributed by atoms with Crippen LogP contribution < -0.4 is 10.6 Å². The molecule has 1 aromatic carbocycles. The first-order valence-electron chi connectivity index (χ1n) is 8.36. The molecule has 1 fully saturated rings. The molecule has 2 aliphatic heterocycles. The zero-order valence-electron chi connectivity index (χ0n) is 13.5. The molecule has 7 heteroatoms. The van der Waals surface area contributed by atoms with Crippen LogP contribution in [0.4, 0.5) is 0 Å². The normalized spacial score (nSPS) is 25.9. The minimum absolute atomic E-state index is 0.000551. The first-order valence-corrected chi connectivity index (χ1v) is 10.0. The summed E-state index contributed by atoms with van der Waals surface area (Å²) in [7, 11) is -3.26. The Hall–Kier alpha value is -1.89. The van der Waals surface area contributed by atoms with Crippen LogP contribution in [0.3, 0.4) is 0 Å². The van der Waals surface area contributed by atoms with Crippen molar-refractivity contribution in [3.63, 3.8) is 0 Å². The van der Waals surface area contributed by atoms with Crippen LogP contribution in [0.25, 0.3) is 0 Å². The second-order valence-corrected chi connectivity index (χ2v) is 8.56. The molecule has 0 bridgehead atoms. The van der Waals surface area contributed by atoms with E-state index in [0.717, 1.165) is 19.3 Å². The highest BCUT2D eigenvalue weighted by Gasteiger charge is 2.31. The van der Waals surface area contributed by atoms with Crippen molar-refractivity contribution in [2.75, 3.05) is 5.75 Å². The summed E-state index contributed by atoms with van der Waals surface area (Å²) in [5.74, 6) is -0.115. The molecule has 2 amide bonds. The number of sulfone groups is 1. The smallest absolute Gasteiger partial charge is 0.222 e. The molecule has 0 saturated carbocycles. The largest absolute Gasteiger partial charge is 0.353 e. The molecule has 6 nitrogen and oxygen atoms in total. The lowest BCUT2D eigenvalue weighted by molar-refractivity contribution is -0.123. The second kappa shape index (κ2) is 6.93. The van der Waals surface area contributed by atoms with E-state index in [1.807, 2.05) is 0 Å². The average Bonchev–Trinajstić information content (AvgIpc) is 2.74. The first kappa shape index (κ1) is 17.0. The summed E-state index contributed by atoms with van der Waals surface area (Å²) in [6.45, 7) is 0. The summed E-state index contributed by atoms with van der Waals surface area (Å²) in [5, 5.41) is 5.82. The molecule has 1 saturated heterocycles. The van der Waals surface area contributed by atoms with Crippen molar-refractivity contribution < 1.29 is 18.0 Å². The SMILES string of the molecule is O=C1CCCC[C@@H](CC(=O)N[C@H]2CCS(=O)(=O)c3ccccc32)N1. The highest BCUT2D eigenvalue weighted by Crippen LogP contribution is 2.31. The average molecular weight is 350 g/mol. The molecule has 2 atom stereocenters. The van der Waals surface area contributed by atoms with E-state index in [-0.39, 0.29) is 36.1 Å². The number of amides is 2. The van der Waals surface area contributed by atoms with Gasteiger partial charge in [0.25, 0.3) is 0 Å². The summed E-state index contributed by atoms with van der Waals surface area (Å²) in [6.07, 6.45) is 3.72. The Morgan fingerprint density at radius 3 is 2.83 bits per heavy atom. The van der Waals surface area contributed by atoms with Gasteiger partial charge in [-0.2, -0.15) is 0 Å². The number of benzene rings is 1. The van der Waals surface area contributed by atoms with Crippen LogP contribution in [0.1, 0.15) is 50.1 Å². The maximum atomic E-state index is 12.4. The maximum absolute atomic E-state index is 12.4. The molecule has 0 aromatic heterocycles. The van der Waals surface area contributed by atoms with Gasteiger partial charge in [0.15, 0.2) is 9.84 Å². The molecule has 2 heterocycles. The first-order chi connectivity index (χ1) is 11.5. The number of fused-ring (bicyclic) bond motifs is 1. The quantitative estimate of drug-likeness (QED) is 0.863. The lowest BCUT2D eigenvalue weighted by atomic mass is 10.0. The van der Waals surface area contributed by atoms with Crippen molar-refractivity contribution in [3.8, 4) is 0 Å². The van der Waals surface area contributed by atoms with Crippen LogP contribution in [-0.4, -0.2) is 32.0 Å². The number of carbonyl (C=O) groups excluding carboxylic acids is 2. The molecule has 2 N–H and O–H groups in total. The lowest BCUT2D eigenvalue weighted by Crippen LogP contribution is -2.40. The summed E-state index contributed by atoms with van der Waals surface area (Å²) >= 11 is 0. The zero-order chi connectivity index (χ0) is 17.2. The van der Waals surface area contributed by atoms with Crippen molar-refractivity contribution in [2.24, 2.45) is 0 Å². The predicted molar refractivity (Wildman–Crippen MR) is 89.0 cm³/mol. The summed E-state index contributed by atoms with van der Waals surface area (Å²) in [4.78, 5) is 24.3. The number of carbonyl (C=O) groups is 2. The van der Waals surface area contributed by atoms with Crippen LogP contribution in [0.2, 0.25) is 0 Å². The van der Waals surface area contributed by atoms with Gasteiger partial charge in [0.2, 0.25) is 11.8 Å². The van der Waals surface area contributed by atoms with Crippen LogP contribution in [0.15, 0.2) is 29.2 Å². The van der Waals surface area contributed by atoms with E-state index in [1.54, 1.807) is 24.3 Å². The monoisotopic (exact) mass is 350 g/mol. The summed E-state index contributed by atoms with van der Waals surface area (Å²) in [6, 6.07) is 6.39. The zero-order valence-corrected chi connectivity index (χ0v) is 14.3. The molecule has 1 aromatic rings. The molecular weight excluding hydrogens is 328 g/mol. The fourth-order valence-corrected chi connectivity index (χ4v) is 5.04. The van der Waals surface area contributed by atoms with Crippen molar-refractivity contribution >= 4 is 21.7 Å². The van der Waals surface area contributed by atoms with Gasteiger partial charge >= 0.3 is 0 Å². The van der Waals surface area contributed by atoms with E-state index in [1.165, 1.54) is 0 Å². The molecule has 130 valence electrons. The molecule has 2 aliphatic rings. The van der Waals surface area contributed by atoms with E-state index in [4.69, 9.17) is 0 Å². The highest BCUT2D eigenvalue weighted by molar-refractivity contribution is 7.91. The molecule has 0 aliphatic carbocycles. The Balaban J connectivity index is 1.68. The fourth-order valence-electron chi connectivity index (χ4n) is 3.42. The van der Waals surface area contributed by atoms with Crippen molar-refractivity contribution in [3.05, 3.63) is 29.8 Å². The van der Waals surface area contributed by atoms with E-state index in [0.29, 0.717) is 23.3 Å². The molecular formula is C17H22N2O4S. The number of rotatable bonds is 3. The van der Waals surface area contributed by atoms with Crippen molar-refractivity contribution in [1.29, 1.82) is 0 Å². The van der Waals surface area contributed by atoms with Gasteiger partial charge < -0.3 is 10.6 Å². The van der Waals surface area contributed by atoms with Gasteiger partial charge in [0.05, 0.1) is 16.7 Å². The Bertz CT molecular complexity index is 745. The third-order valence-corrected chi connectivity index (χ3v) is 6.46. The summed E-state index contributed by atoms with van der Waals surface area (Å²) < 4.78 is 24.3. The number of nitrogens with one attached hydrogen (secondary N) is 2. The number of hydrogen-bond acceptors (Lipinski definition) is 4. The third kappa shape index (κ3) is 3.77. The lowest BCUT2D eigenvalue weighted by Gasteiger charge is -2.27. The van der Waals surface area contributed by atoms with E-state index in [2.05, 4.69) is 10.6 Å². The molecule has 0 unspecified atom stereocenters. The van der Waals surface area contributed by atoms with Crippen LogP contribution >= 0.6 is 0 Å². The molecule has 0 spiro atoms.